The minimum absolute atomic E-state index is 0.132. The highest BCUT2D eigenvalue weighted by Crippen LogP contribution is 2.38. The second-order valence-electron chi connectivity index (χ2n) is 5.07. The minimum Gasteiger partial charge on any atom is -0.490 e. The van der Waals surface area contributed by atoms with Gasteiger partial charge in [0.25, 0.3) is 5.91 Å². The topological polar surface area (TPSA) is 85.3 Å². The number of amides is 1. The van der Waals surface area contributed by atoms with Gasteiger partial charge in [-0.15, -0.1) is 0 Å². The molecule has 6 heteroatoms. The summed E-state index contributed by atoms with van der Waals surface area (Å²) in [4.78, 5) is 11.2. The molecule has 0 heterocycles. The molecule has 0 unspecified atom stereocenters. The number of nitrogens with zero attached hydrogens (tertiary/aromatic N) is 1. The number of primary amides is 1. The smallest absolute Gasteiger partial charge is 0.259 e. The Morgan fingerprint density at radius 2 is 2.00 bits per heavy atom. The van der Waals surface area contributed by atoms with Crippen molar-refractivity contribution in [3.63, 3.8) is 0 Å². The van der Waals surface area contributed by atoms with Gasteiger partial charge in [0.05, 0.1) is 11.1 Å². The van der Waals surface area contributed by atoms with Gasteiger partial charge < -0.3 is 15.2 Å². The maximum atomic E-state index is 11.2. The van der Waals surface area contributed by atoms with Crippen molar-refractivity contribution in [2.45, 2.75) is 13.5 Å². The van der Waals surface area contributed by atoms with E-state index in [9.17, 15) is 4.79 Å². The predicted molar refractivity (Wildman–Crippen MR) is 98.9 cm³/mol. The second-order valence-corrected chi connectivity index (χ2v) is 5.93. The lowest BCUT2D eigenvalue weighted by molar-refractivity contribution is -0.114. The molecule has 0 spiro atoms. The van der Waals surface area contributed by atoms with Gasteiger partial charge in [-0.1, -0.05) is 30.3 Å². The minimum atomic E-state index is -0.777. The predicted octanol–water partition coefficient (Wildman–Crippen LogP) is 3.82. The Labute approximate surface area is 154 Å². The zero-order valence-corrected chi connectivity index (χ0v) is 15.2. The Morgan fingerprint density at radius 1 is 1.28 bits per heavy atom. The molecule has 0 fully saturated rings. The molecule has 1 amide bonds. The van der Waals surface area contributed by atoms with Gasteiger partial charge in [-0.3, -0.25) is 4.79 Å². The van der Waals surface area contributed by atoms with Crippen molar-refractivity contribution in [2.24, 2.45) is 5.73 Å². The monoisotopic (exact) mass is 400 g/mol. The van der Waals surface area contributed by atoms with Gasteiger partial charge in [0.1, 0.15) is 18.2 Å². The van der Waals surface area contributed by atoms with Crippen LogP contribution in [-0.2, 0) is 11.4 Å². The third-order valence-electron chi connectivity index (χ3n) is 3.25. The lowest BCUT2D eigenvalue weighted by Gasteiger charge is -2.15. The van der Waals surface area contributed by atoms with Gasteiger partial charge in [-0.05, 0) is 52.2 Å². The first-order valence-corrected chi connectivity index (χ1v) is 8.39. The Hall–Kier alpha value is -2.78. The van der Waals surface area contributed by atoms with Gasteiger partial charge in [0, 0.05) is 0 Å². The molecule has 0 radical (unpaired) electrons. The summed E-state index contributed by atoms with van der Waals surface area (Å²) in [5.74, 6) is 0.294. The molecule has 0 saturated carbocycles. The fourth-order valence-electron chi connectivity index (χ4n) is 2.13. The van der Waals surface area contributed by atoms with Gasteiger partial charge in [-0.25, -0.2) is 0 Å². The van der Waals surface area contributed by atoms with Crippen molar-refractivity contribution in [1.29, 1.82) is 5.26 Å². The summed E-state index contributed by atoms with van der Waals surface area (Å²) in [5.41, 5.74) is 6.68. The van der Waals surface area contributed by atoms with Crippen molar-refractivity contribution in [3.05, 3.63) is 63.6 Å². The van der Waals surface area contributed by atoms with Crippen LogP contribution in [-0.4, -0.2) is 12.5 Å². The molecular formula is C19H17BrN2O3. The first-order chi connectivity index (χ1) is 12.0. The molecule has 0 saturated heterocycles. The normalized spacial score (nSPS) is 10.8. The van der Waals surface area contributed by atoms with Crippen molar-refractivity contribution in [1.82, 2.24) is 0 Å². The number of hydrogen-bond acceptors (Lipinski definition) is 4. The van der Waals surface area contributed by atoms with Crippen LogP contribution in [0.1, 0.15) is 18.1 Å². The Kier molecular flexibility index (Phi) is 6.61. The van der Waals surface area contributed by atoms with Crippen molar-refractivity contribution >= 4 is 27.9 Å². The molecule has 0 atom stereocenters. The lowest BCUT2D eigenvalue weighted by atomic mass is 10.1. The van der Waals surface area contributed by atoms with Gasteiger partial charge in [0.15, 0.2) is 11.5 Å². The summed E-state index contributed by atoms with van der Waals surface area (Å²) in [7, 11) is 0. The third-order valence-corrected chi connectivity index (χ3v) is 3.84. The van der Waals surface area contributed by atoms with Crippen LogP contribution in [0, 0.1) is 11.3 Å². The Bertz CT molecular complexity index is 827. The number of nitriles is 1. The molecule has 0 aliphatic rings. The molecule has 5 nitrogen and oxygen atoms in total. The van der Waals surface area contributed by atoms with Gasteiger partial charge >= 0.3 is 0 Å². The molecular weight excluding hydrogens is 384 g/mol. The van der Waals surface area contributed by atoms with Crippen molar-refractivity contribution < 1.29 is 14.3 Å². The fourth-order valence-corrected chi connectivity index (χ4v) is 2.70. The molecule has 25 heavy (non-hydrogen) atoms. The molecule has 2 aromatic rings. The van der Waals surface area contributed by atoms with Crippen LogP contribution in [0.25, 0.3) is 6.08 Å². The highest BCUT2D eigenvalue weighted by Gasteiger charge is 2.13. The zero-order chi connectivity index (χ0) is 18.2. The number of carbonyl (C=O) groups excluding carboxylic acids is 1. The molecule has 2 rings (SSSR count). The van der Waals surface area contributed by atoms with E-state index in [1.807, 2.05) is 37.3 Å². The van der Waals surface area contributed by atoms with E-state index in [4.69, 9.17) is 20.5 Å². The summed E-state index contributed by atoms with van der Waals surface area (Å²) in [6.45, 7) is 2.70. The number of carbonyl (C=O) groups is 1. The van der Waals surface area contributed by atoms with Crippen LogP contribution in [0.4, 0.5) is 0 Å². The summed E-state index contributed by atoms with van der Waals surface area (Å²) >= 11 is 3.46. The van der Waals surface area contributed by atoms with Crippen molar-refractivity contribution in [3.8, 4) is 17.6 Å². The molecule has 2 N–H and O–H groups in total. The summed E-state index contributed by atoms with van der Waals surface area (Å²) in [5, 5.41) is 8.98. The summed E-state index contributed by atoms with van der Waals surface area (Å²) < 4.78 is 12.2. The number of nitrogens with two attached hydrogens (primary N) is 1. The number of ether oxygens (including phenoxy) is 2. The van der Waals surface area contributed by atoms with E-state index < -0.39 is 5.91 Å². The highest BCUT2D eigenvalue weighted by atomic mass is 79.9. The highest BCUT2D eigenvalue weighted by molar-refractivity contribution is 9.10. The van der Waals surface area contributed by atoms with E-state index in [1.54, 1.807) is 18.2 Å². The largest absolute Gasteiger partial charge is 0.490 e. The SMILES string of the molecule is CCOc1cc(/C=C(\C#N)C(N)=O)cc(Br)c1OCc1ccccc1. The number of benzene rings is 2. The molecule has 128 valence electrons. The van der Waals surface area contributed by atoms with E-state index in [1.165, 1.54) is 6.08 Å². The Morgan fingerprint density at radius 3 is 2.60 bits per heavy atom. The molecule has 2 aromatic carbocycles. The van der Waals surface area contributed by atoms with E-state index in [2.05, 4.69) is 15.9 Å². The van der Waals surface area contributed by atoms with Gasteiger partial charge in [-0.2, -0.15) is 5.26 Å². The van der Waals surface area contributed by atoms with E-state index in [-0.39, 0.29) is 5.57 Å². The van der Waals surface area contributed by atoms with Crippen LogP contribution < -0.4 is 15.2 Å². The van der Waals surface area contributed by atoms with E-state index in [0.717, 1.165) is 5.56 Å². The zero-order valence-electron chi connectivity index (χ0n) is 13.7. The van der Waals surface area contributed by atoms with Crippen LogP contribution in [0.15, 0.2) is 52.5 Å². The Balaban J connectivity index is 2.34. The lowest BCUT2D eigenvalue weighted by Crippen LogP contribution is -2.12. The molecule has 0 aromatic heterocycles. The molecule has 0 aliphatic heterocycles. The van der Waals surface area contributed by atoms with E-state index >= 15 is 0 Å². The maximum Gasteiger partial charge on any atom is 0.259 e. The first-order valence-electron chi connectivity index (χ1n) is 7.59. The van der Waals surface area contributed by atoms with E-state index in [0.29, 0.717) is 34.7 Å². The summed E-state index contributed by atoms with van der Waals surface area (Å²) in [6.07, 6.45) is 1.41. The first kappa shape index (κ1) is 18.6. The van der Waals surface area contributed by atoms with Crippen molar-refractivity contribution in [2.75, 3.05) is 6.61 Å². The second kappa shape index (κ2) is 8.90. The molecule has 0 aliphatic carbocycles. The third kappa shape index (κ3) is 5.10. The fraction of sp³-hybridized carbons (Fsp3) is 0.158. The van der Waals surface area contributed by atoms with Crippen LogP contribution >= 0.6 is 15.9 Å². The van der Waals surface area contributed by atoms with Crippen LogP contribution in [0.5, 0.6) is 11.5 Å². The molecule has 0 bridgehead atoms. The average Bonchev–Trinajstić information content (AvgIpc) is 2.60. The average molecular weight is 401 g/mol. The number of hydrogen-bond donors (Lipinski definition) is 1. The van der Waals surface area contributed by atoms with Crippen LogP contribution in [0.3, 0.4) is 0 Å². The van der Waals surface area contributed by atoms with Crippen LogP contribution in [0.2, 0.25) is 0 Å². The quantitative estimate of drug-likeness (QED) is 0.565. The van der Waals surface area contributed by atoms with Gasteiger partial charge in [0.2, 0.25) is 0 Å². The summed E-state index contributed by atoms with van der Waals surface area (Å²) in [6, 6.07) is 15.0. The maximum absolute atomic E-state index is 11.2. The number of rotatable bonds is 7. The standard InChI is InChI=1S/C19H17BrN2O3/c1-2-24-17-10-14(8-15(11-21)19(22)23)9-16(20)18(17)25-12-13-6-4-3-5-7-13/h3-10H,2,12H2,1H3,(H2,22,23)/b15-8+. The number of halogens is 1.